The molecule has 0 fully saturated rings. The van der Waals surface area contributed by atoms with E-state index in [-0.39, 0.29) is 10.6 Å². The summed E-state index contributed by atoms with van der Waals surface area (Å²) in [6.07, 6.45) is 0. The highest BCUT2D eigenvalue weighted by Crippen LogP contribution is 2.32. The molecule has 174 valence electrons. The number of amides is 1. The lowest BCUT2D eigenvalue weighted by molar-refractivity contribution is -0.114. The van der Waals surface area contributed by atoms with Gasteiger partial charge in [0.05, 0.1) is 24.8 Å². The van der Waals surface area contributed by atoms with Gasteiger partial charge >= 0.3 is 0 Å². The first-order valence-corrected chi connectivity index (χ1v) is 11.8. The van der Waals surface area contributed by atoms with Crippen LogP contribution in [0, 0.1) is 13.8 Å². The Morgan fingerprint density at radius 3 is 2.24 bits per heavy atom. The number of hydrogen-bond donors (Lipinski definition) is 1. The van der Waals surface area contributed by atoms with Crippen LogP contribution in [0.15, 0.2) is 65.6 Å². The molecule has 33 heavy (non-hydrogen) atoms. The number of nitrogens with one attached hydrogen (secondary N) is 1. The van der Waals surface area contributed by atoms with E-state index >= 15 is 0 Å². The van der Waals surface area contributed by atoms with Gasteiger partial charge in [0, 0.05) is 16.8 Å². The molecule has 0 radical (unpaired) electrons. The largest absolute Gasteiger partial charge is 0.493 e. The van der Waals surface area contributed by atoms with Crippen LogP contribution in [-0.4, -0.2) is 35.1 Å². The highest BCUT2D eigenvalue weighted by Gasteiger charge is 2.28. The Kier molecular flexibility index (Phi) is 7.50. The summed E-state index contributed by atoms with van der Waals surface area (Å²) in [5, 5.41) is 3.26. The van der Waals surface area contributed by atoms with E-state index in [1.807, 2.05) is 32.0 Å². The Labute approximate surface area is 198 Å². The lowest BCUT2D eigenvalue weighted by Gasteiger charge is -2.25. The fourth-order valence-corrected chi connectivity index (χ4v) is 4.78. The number of hydrogen-bond acceptors (Lipinski definition) is 5. The van der Waals surface area contributed by atoms with Gasteiger partial charge in [0.1, 0.15) is 6.54 Å². The first kappa shape index (κ1) is 24.4. The molecule has 0 aliphatic rings. The van der Waals surface area contributed by atoms with E-state index in [2.05, 4.69) is 5.32 Å². The number of carbonyl (C=O) groups excluding carboxylic acids is 1. The third-order valence-corrected chi connectivity index (χ3v) is 7.03. The number of anilines is 2. The smallest absolute Gasteiger partial charge is 0.264 e. The molecule has 3 rings (SSSR count). The Balaban J connectivity index is 2.00. The number of carbonyl (C=O) groups is 1. The molecule has 0 aromatic heterocycles. The van der Waals surface area contributed by atoms with Crippen molar-refractivity contribution in [3.05, 3.63) is 76.8 Å². The molecule has 0 saturated carbocycles. The number of methoxy groups -OCH3 is 2. The summed E-state index contributed by atoms with van der Waals surface area (Å²) in [6, 6.07) is 16.2. The van der Waals surface area contributed by atoms with E-state index < -0.39 is 22.5 Å². The van der Waals surface area contributed by atoms with E-state index in [1.54, 1.807) is 24.3 Å². The van der Waals surface area contributed by atoms with Crippen LogP contribution in [0.25, 0.3) is 0 Å². The third-order valence-electron chi connectivity index (χ3n) is 5.01. The normalized spacial score (nSPS) is 11.1. The Morgan fingerprint density at radius 1 is 0.939 bits per heavy atom. The lowest BCUT2D eigenvalue weighted by Crippen LogP contribution is -2.38. The molecule has 0 atom stereocenters. The van der Waals surface area contributed by atoms with Gasteiger partial charge in [0.15, 0.2) is 11.5 Å². The minimum absolute atomic E-state index is 0.0466. The van der Waals surface area contributed by atoms with Crippen molar-refractivity contribution in [3.63, 3.8) is 0 Å². The van der Waals surface area contributed by atoms with Gasteiger partial charge in [-0.1, -0.05) is 23.7 Å². The first-order valence-electron chi connectivity index (χ1n) is 10.0. The molecule has 1 N–H and O–H groups in total. The number of sulfonamides is 1. The van der Waals surface area contributed by atoms with E-state index in [0.717, 1.165) is 15.4 Å². The van der Waals surface area contributed by atoms with E-state index in [4.69, 9.17) is 21.1 Å². The van der Waals surface area contributed by atoms with Crippen molar-refractivity contribution in [2.45, 2.75) is 18.7 Å². The molecule has 7 nitrogen and oxygen atoms in total. The Bertz CT molecular complexity index is 1260. The first-order chi connectivity index (χ1) is 15.6. The topological polar surface area (TPSA) is 84.9 Å². The monoisotopic (exact) mass is 488 g/mol. The maximum Gasteiger partial charge on any atom is 0.264 e. The predicted octanol–water partition coefficient (Wildman–Crippen LogP) is 4.81. The Hall–Kier alpha value is -3.23. The number of rotatable bonds is 8. The quantitative estimate of drug-likeness (QED) is 0.492. The molecule has 0 bridgehead atoms. The standard InChI is InChI=1S/C24H25ClN2O5S/c1-16-5-6-17(2)21(13-16)26-24(28)15-27(19-9-7-18(25)8-10-19)33(29,30)20-11-12-22(31-3)23(14-20)32-4/h5-14H,15H2,1-4H3,(H,26,28). The van der Waals surface area contributed by atoms with E-state index in [1.165, 1.54) is 32.4 Å². The number of nitrogens with zero attached hydrogens (tertiary/aromatic N) is 1. The molecule has 0 saturated heterocycles. The molecule has 9 heteroatoms. The average molecular weight is 489 g/mol. The molecule has 3 aromatic rings. The summed E-state index contributed by atoms with van der Waals surface area (Å²) < 4.78 is 38.7. The van der Waals surface area contributed by atoms with E-state index in [9.17, 15) is 13.2 Å². The maximum atomic E-state index is 13.6. The summed E-state index contributed by atoms with van der Waals surface area (Å²) in [7, 11) is -1.25. The van der Waals surface area contributed by atoms with Crippen LogP contribution in [0.1, 0.15) is 11.1 Å². The fourth-order valence-electron chi connectivity index (χ4n) is 3.22. The van der Waals surface area contributed by atoms with Crippen LogP contribution in [0.3, 0.4) is 0 Å². The average Bonchev–Trinajstić information content (AvgIpc) is 2.80. The Morgan fingerprint density at radius 2 is 1.61 bits per heavy atom. The van der Waals surface area contributed by atoms with Crippen LogP contribution in [0.4, 0.5) is 11.4 Å². The molecule has 0 unspecified atom stereocenters. The van der Waals surface area contributed by atoms with Gasteiger partial charge in [-0.2, -0.15) is 0 Å². The summed E-state index contributed by atoms with van der Waals surface area (Å²) in [6.45, 7) is 3.34. The van der Waals surface area contributed by atoms with Crippen LogP contribution < -0.4 is 19.1 Å². The van der Waals surface area contributed by atoms with Crippen LogP contribution in [0.5, 0.6) is 11.5 Å². The molecular formula is C24H25ClN2O5S. The zero-order valence-electron chi connectivity index (χ0n) is 18.8. The second-order valence-corrected chi connectivity index (χ2v) is 9.67. The van der Waals surface area contributed by atoms with Gasteiger partial charge in [-0.15, -0.1) is 0 Å². The molecule has 0 aliphatic carbocycles. The number of ether oxygens (including phenoxy) is 2. The zero-order chi connectivity index (χ0) is 24.2. The van der Waals surface area contributed by atoms with Crippen molar-refractivity contribution >= 4 is 38.9 Å². The van der Waals surface area contributed by atoms with Gasteiger partial charge in [0.2, 0.25) is 5.91 Å². The third kappa shape index (κ3) is 5.58. The lowest BCUT2D eigenvalue weighted by atomic mass is 10.1. The highest BCUT2D eigenvalue weighted by molar-refractivity contribution is 7.92. The number of halogens is 1. The summed E-state index contributed by atoms with van der Waals surface area (Å²) in [5.41, 5.74) is 2.77. The van der Waals surface area contributed by atoms with Crippen molar-refractivity contribution < 1.29 is 22.7 Å². The molecule has 0 heterocycles. The second kappa shape index (κ2) is 10.1. The molecule has 3 aromatic carbocycles. The SMILES string of the molecule is COc1ccc(S(=O)(=O)N(CC(=O)Nc2cc(C)ccc2C)c2ccc(Cl)cc2)cc1OC. The van der Waals surface area contributed by atoms with Gasteiger partial charge < -0.3 is 14.8 Å². The predicted molar refractivity (Wildman–Crippen MR) is 130 cm³/mol. The van der Waals surface area contributed by atoms with Crippen molar-refractivity contribution in [2.24, 2.45) is 0 Å². The van der Waals surface area contributed by atoms with Crippen LogP contribution >= 0.6 is 11.6 Å². The van der Waals surface area contributed by atoms with Crippen LogP contribution in [-0.2, 0) is 14.8 Å². The van der Waals surface area contributed by atoms with Crippen molar-refractivity contribution in [1.29, 1.82) is 0 Å². The number of aryl methyl sites for hydroxylation is 2. The summed E-state index contributed by atoms with van der Waals surface area (Å²) in [4.78, 5) is 12.9. The molecule has 0 aliphatic heterocycles. The highest BCUT2D eigenvalue weighted by atomic mass is 35.5. The van der Waals surface area contributed by atoms with Gasteiger partial charge in [-0.3, -0.25) is 9.10 Å². The second-order valence-electron chi connectivity index (χ2n) is 7.37. The fraction of sp³-hybridized carbons (Fsp3) is 0.208. The number of benzene rings is 3. The minimum Gasteiger partial charge on any atom is -0.493 e. The molecular weight excluding hydrogens is 464 g/mol. The maximum absolute atomic E-state index is 13.6. The zero-order valence-corrected chi connectivity index (χ0v) is 20.3. The van der Waals surface area contributed by atoms with Crippen LogP contribution in [0.2, 0.25) is 5.02 Å². The van der Waals surface area contributed by atoms with E-state index in [0.29, 0.717) is 22.1 Å². The molecule has 1 amide bonds. The minimum atomic E-state index is -4.14. The summed E-state index contributed by atoms with van der Waals surface area (Å²) in [5.74, 6) is 0.166. The van der Waals surface area contributed by atoms with Gasteiger partial charge in [0.25, 0.3) is 10.0 Å². The van der Waals surface area contributed by atoms with Crippen molar-refractivity contribution in [3.8, 4) is 11.5 Å². The van der Waals surface area contributed by atoms with Gasteiger partial charge in [-0.25, -0.2) is 8.42 Å². The van der Waals surface area contributed by atoms with Crippen molar-refractivity contribution in [2.75, 3.05) is 30.4 Å². The van der Waals surface area contributed by atoms with Crippen molar-refractivity contribution in [1.82, 2.24) is 0 Å². The molecule has 0 spiro atoms. The summed E-state index contributed by atoms with van der Waals surface area (Å²) >= 11 is 5.99. The van der Waals surface area contributed by atoms with Gasteiger partial charge in [-0.05, 0) is 67.4 Å².